The van der Waals surface area contributed by atoms with Crippen molar-refractivity contribution in [1.82, 2.24) is 10.2 Å². The van der Waals surface area contributed by atoms with Gasteiger partial charge < -0.3 is 26.4 Å². The van der Waals surface area contributed by atoms with E-state index in [-0.39, 0.29) is 31.5 Å². The minimum Gasteiger partial charge on any atom is -0.375 e. The summed E-state index contributed by atoms with van der Waals surface area (Å²) in [4.78, 5) is 34.6. The molecule has 0 radical (unpaired) electrons. The zero-order valence-electron chi connectivity index (χ0n) is 10.1. The summed E-state index contributed by atoms with van der Waals surface area (Å²) in [6.07, 6.45) is -0.164. The fraction of sp³-hybridized carbons (Fsp3) is 0.700. The fourth-order valence-corrected chi connectivity index (χ4v) is 1.68. The molecule has 5 N–H and O–H groups in total. The topological polar surface area (TPSA) is 128 Å². The Balaban J connectivity index is 2.51. The number of morpholine rings is 1. The van der Waals surface area contributed by atoms with E-state index in [0.29, 0.717) is 13.2 Å². The van der Waals surface area contributed by atoms with E-state index in [4.69, 9.17) is 16.2 Å². The Morgan fingerprint density at radius 3 is 2.28 bits per heavy atom. The van der Waals surface area contributed by atoms with Crippen LogP contribution in [0.15, 0.2) is 0 Å². The predicted molar refractivity (Wildman–Crippen MR) is 62.2 cm³/mol. The van der Waals surface area contributed by atoms with Crippen molar-refractivity contribution in [2.24, 2.45) is 11.5 Å². The van der Waals surface area contributed by atoms with Gasteiger partial charge in [0.25, 0.3) is 0 Å². The van der Waals surface area contributed by atoms with E-state index in [0.717, 1.165) is 11.4 Å². The smallest absolute Gasteiger partial charge is 0.237 e. The van der Waals surface area contributed by atoms with E-state index in [9.17, 15) is 14.4 Å². The minimum atomic E-state index is -0.688. The standard InChI is InChI=1S/C10H18N4O4/c11-8(15)5-14(6-9(12)16)10(17)3-7-4-13-1-2-18-7/h7,13H,1-6H2,(H2,11,15)(H2,12,16). The molecule has 0 aliphatic carbocycles. The molecule has 0 aromatic carbocycles. The van der Waals surface area contributed by atoms with Gasteiger partial charge in [0.05, 0.1) is 32.2 Å². The maximum Gasteiger partial charge on any atom is 0.237 e. The van der Waals surface area contributed by atoms with E-state index < -0.39 is 11.8 Å². The van der Waals surface area contributed by atoms with Crippen LogP contribution in [0.5, 0.6) is 0 Å². The van der Waals surface area contributed by atoms with Crippen LogP contribution in [0.3, 0.4) is 0 Å². The van der Waals surface area contributed by atoms with Gasteiger partial charge in [-0.1, -0.05) is 0 Å². The van der Waals surface area contributed by atoms with Crippen molar-refractivity contribution in [3.63, 3.8) is 0 Å². The number of primary amides is 2. The summed E-state index contributed by atoms with van der Waals surface area (Å²) in [7, 11) is 0. The molecule has 1 aliphatic rings. The highest BCUT2D eigenvalue weighted by Gasteiger charge is 2.23. The number of hydrogen-bond donors (Lipinski definition) is 3. The monoisotopic (exact) mass is 258 g/mol. The predicted octanol–water partition coefficient (Wildman–Crippen LogP) is -2.84. The number of ether oxygens (including phenoxy) is 1. The molecular formula is C10H18N4O4. The first-order valence-electron chi connectivity index (χ1n) is 5.65. The quantitative estimate of drug-likeness (QED) is 0.473. The highest BCUT2D eigenvalue weighted by atomic mass is 16.5. The van der Waals surface area contributed by atoms with E-state index in [1.807, 2.05) is 0 Å². The van der Waals surface area contributed by atoms with Gasteiger partial charge in [0.2, 0.25) is 17.7 Å². The van der Waals surface area contributed by atoms with Crippen LogP contribution in [-0.4, -0.2) is 61.5 Å². The van der Waals surface area contributed by atoms with Gasteiger partial charge in [-0.05, 0) is 0 Å². The Bertz CT molecular complexity index is 312. The van der Waals surface area contributed by atoms with Gasteiger partial charge in [0.1, 0.15) is 0 Å². The molecule has 1 atom stereocenters. The third-order valence-corrected chi connectivity index (χ3v) is 2.45. The van der Waals surface area contributed by atoms with Crippen LogP contribution in [0, 0.1) is 0 Å². The van der Waals surface area contributed by atoms with Gasteiger partial charge in [-0.3, -0.25) is 14.4 Å². The minimum absolute atomic E-state index is 0.0908. The first kappa shape index (κ1) is 14.4. The molecule has 0 bridgehead atoms. The SMILES string of the molecule is NC(=O)CN(CC(N)=O)C(=O)CC1CNCCO1. The Morgan fingerprint density at radius 2 is 1.83 bits per heavy atom. The molecule has 0 aromatic heterocycles. The Kier molecular flexibility index (Phi) is 5.53. The maximum atomic E-state index is 11.9. The van der Waals surface area contributed by atoms with Crippen molar-refractivity contribution >= 4 is 17.7 Å². The molecule has 8 nitrogen and oxygen atoms in total. The fourth-order valence-electron chi connectivity index (χ4n) is 1.68. The molecule has 1 unspecified atom stereocenters. The molecule has 0 saturated carbocycles. The van der Waals surface area contributed by atoms with Gasteiger partial charge in [-0.25, -0.2) is 0 Å². The largest absolute Gasteiger partial charge is 0.375 e. The second-order valence-corrected chi connectivity index (χ2v) is 4.08. The van der Waals surface area contributed by atoms with Crippen molar-refractivity contribution in [1.29, 1.82) is 0 Å². The molecule has 1 rings (SSSR count). The molecular weight excluding hydrogens is 240 g/mol. The van der Waals surface area contributed by atoms with Crippen LogP contribution < -0.4 is 16.8 Å². The lowest BCUT2D eigenvalue weighted by Gasteiger charge is -2.26. The normalized spacial score (nSPS) is 19.2. The second-order valence-electron chi connectivity index (χ2n) is 4.08. The van der Waals surface area contributed by atoms with Crippen LogP contribution in [0.25, 0.3) is 0 Å². The molecule has 0 spiro atoms. The van der Waals surface area contributed by atoms with Gasteiger partial charge in [0.15, 0.2) is 0 Å². The molecule has 1 saturated heterocycles. The van der Waals surface area contributed by atoms with Gasteiger partial charge in [0, 0.05) is 13.1 Å². The number of nitrogens with two attached hydrogens (primary N) is 2. The summed E-state index contributed by atoms with van der Waals surface area (Å²) in [6, 6.07) is 0. The number of carbonyl (C=O) groups is 3. The van der Waals surface area contributed by atoms with Crippen LogP contribution >= 0.6 is 0 Å². The number of carbonyl (C=O) groups excluding carboxylic acids is 3. The van der Waals surface area contributed by atoms with E-state index in [1.165, 1.54) is 0 Å². The third kappa shape index (κ3) is 5.11. The van der Waals surface area contributed by atoms with Crippen LogP contribution in [0.1, 0.15) is 6.42 Å². The lowest BCUT2D eigenvalue weighted by molar-refractivity contribution is -0.140. The van der Waals surface area contributed by atoms with Crippen molar-refractivity contribution in [3.05, 3.63) is 0 Å². The number of hydrogen-bond acceptors (Lipinski definition) is 5. The Labute approximate surface area is 105 Å². The van der Waals surface area contributed by atoms with Crippen molar-refractivity contribution < 1.29 is 19.1 Å². The molecule has 18 heavy (non-hydrogen) atoms. The first-order valence-corrected chi connectivity index (χ1v) is 5.65. The Hall–Kier alpha value is -1.67. The number of nitrogens with zero attached hydrogens (tertiary/aromatic N) is 1. The van der Waals surface area contributed by atoms with Gasteiger partial charge in [-0.2, -0.15) is 0 Å². The summed E-state index contributed by atoms with van der Waals surface area (Å²) in [5.74, 6) is -1.75. The van der Waals surface area contributed by atoms with Crippen molar-refractivity contribution in [2.75, 3.05) is 32.8 Å². The summed E-state index contributed by atoms with van der Waals surface area (Å²) in [5.41, 5.74) is 10.0. The van der Waals surface area contributed by atoms with E-state index in [2.05, 4.69) is 5.32 Å². The van der Waals surface area contributed by atoms with Crippen molar-refractivity contribution in [3.8, 4) is 0 Å². The lowest BCUT2D eigenvalue weighted by atomic mass is 10.2. The Morgan fingerprint density at radius 1 is 1.22 bits per heavy atom. The second kappa shape index (κ2) is 6.92. The van der Waals surface area contributed by atoms with Crippen molar-refractivity contribution in [2.45, 2.75) is 12.5 Å². The van der Waals surface area contributed by atoms with Crippen LogP contribution in [-0.2, 0) is 19.1 Å². The zero-order valence-corrected chi connectivity index (χ0v) is 10.1. The summed E-state index contributed by atoms with van der Waals surface area (Å²) in [6.45, 7) is 1.21. The van der Waals surface area contributed by atoms with Crippen LogP contribution in [0.2, 0.25) is 0 Å². The zero-order chi connectivity index (χ0) is 13.5. The number of rotatable bonds is 6. The van der Waals surface area contributed by atoms with Gasteiger partial charge >= 0.3 is 0 Å². The molecule has 3 amide bonds. The summed E-state index contributed by atoms with van der Waals surface area (Å²) >= 11 is 0. The molecule has 0 aromatic rings. The highest BCUT2D eigenvalue weighted by Crippen LogP contribution is 2.05. The average Bonchev–Trinajstić information content (AvgIpc) is 2.28. The number of nitrogens with one attached hydrogen (secondary N) is 1. The van der Waals surface area contributed by atoms with Crippen LogP contribution in [0.4, 0.5) is 0 Å². The van der Waals surface area contributed by atoms with Gasteiger partial charge in [-0.15, -0.1) is 0 Å². The van der Waals surface area contributed by atoms with E-state index in [1.54, 1.807) is 0 Å². The maximum absolute atomic E-state index is 11.9. The molecule has 1 aliphatic heterocycles. The van der Waals surface area contributed by atoms with E-state index >= 15 is 0 Å². The summed E-state index contributed by atoms with van der Waals surface area (Å²) < 4.78 is 5.37. The molecule has 1 fully saturated rings. The lowest BCUT2D eigenvalue weighted by Crippen LogP contribution is -2.46. The molecule has 8 heteroatoms. The highest BCUT2D eigenvalue weighted by molar-refractivity contribution is 5.88. The molecule has 1 heterocycles. The molecule has 102 valence electrons. The number of amides is 3. The average molecular weight is 258 g/mol. The third-order valence-electron chi connectivity index (χ3n) is 2.45. The summed E-state index contributed by atoms with van der Waals surface area (Å²) in [5, 5.41) is 3.08. The first-order chi connectivity index (χ1) is 8.49.